The van der Waals surface area contributed by atoms with E-state index in [4.69, 9.17) is 4.74 Å². The van der Waals surface area contributed by atoms with E-state index in [2.05, 4.69) is 15.9 Å². The minimum Gasteiger partial charge on any atom is -0.450 e. The lowest BCUT2D eigenvalue weighted by Gasteiger charge is -2.09. The minimum absolute atomic E-state index is 0.0196. The summed E-state index contributed by atoms with van der Waals surface area (Å²) in [4.78, 5) is 10.5. The molecule has 25 heavy (non-hydrogen) atoms. The molecule has 0 aliphatic carbocycles. The number of fused-ring (bicyclic) bond motifs is 1. The maximum absolute atomic E-state index is 11.6. The fraction of sp³-hybridized carbons (Fsp3) is 0.0588. The van der Waals surface area contributed by atoms with Crippen molar-refractivity contribution in [1.29, 1.82) is 0 Å². The molecule has 0 radical (unpaired) electrons. The van der Waals surface area contributed by atoms with E-state index < -0.39 is 20.4 Å². The van der Waals surface area contributed by atoms with Crippen molar-refractivity contribution in [3.63, 3.8) is 0 Å². The van der Waals surface area contributed by atoms with Crippen molar-refractivity contribution >= 4 is 42.2 Å². The lowest BCUT2D eigenvalue weighted by atomic mass is 10.1. The van der Waals surface area contributed by atoms with Crippen molar-refractivity contribution in [2.45, 2.75) is 4.90 Å². The van der Waals surface area contributed by atoms with Gasteiger partial charge in [0.25, 0.3) is 0 Å². The average Bonchev–Trinajstić information content (AvgIpc) is 2.54. The molecule has 3 rings (SSSR count). The molecule has 0 aliphatic rings. The van der Waals surface area contributed by atoms with Crippen molar-refractivity contribution in [1.82, 2.24) is 0 Å². The number of ether oxygens (including phenoxy) is 1. The zero-order chi connectivity index (χ0) is 18.2. The van der Waals surface area contributed by atoms with Crippen molar-refractivity contribution in [2.75, 3.05) is 6.26 Å². The van der Waals surface area contributed by atoms with Gasteiger partial charge in [0, 0.05) is 16.8 Å². The minimum atomic E-state index is -3.55. The number of nitro groups is 1. The number of halogens is 1. The second-order valence-electron chi connectivity index (χ2n) is 5.41. The van der Waals surface area contributed by atoms with Crippen LogP contribution in [0.25, 0.3) is 10.8 Å². The van der Waals surface area contributed by atoms with Gasteiger partial charge in [-0.2, -0.15) is 0 Å². The Labute approximate surface area is 152 Å². The Kier molecular flexibility index (Phi) is 4.49. The van der Waals surface area contributed by atoms with E-state index in [1.54, 1.807) is 12.1 Å². The normalized spacial score (nSPS) is 11.4. The Morgan fingerprint density at radius 2 is 1.68 bits per heavy atom. The molecule has 0 aromatic heterocycles. The van der Waals surface area contributed by atoms with Gasteiger partial charge in [-0.3, -0.25) is 10.1 Å². The van der Waals surface area contributed by atoms with Crippen molar-refractivity contribution < 1.29 is 18.1 Å². The molecule has 0 saturated carbocycles. The highest BCUT2D eigenvalue weighted by Gasteiger charge is 2.20. The third-order valence-corrected chi connectivity index (χ3v) is 5.16. The van der Waals surface area contributed by atoms with Gasteiger partial charge in [-0.1, -0.05) is 28.1 Å². The number of benzene rings is 3. The van der Waals surface area contributed by atoms with Crippen molar-refractivity contribution in [3.05, 3.63) is 69.2 Å². The SMILES string of the molecule is CS(=O)(=O)c1ccc(Oc2ccc3cc(Br)ccc3c2)c([N+](=O)[O-])c1. The third-order valence-electron chi connectivity index (χ3n) is 3.56. The first-order chi connectivity index (χ1) is 11.7. The Bertz CT molecular complexity index is 1100. The second-order valence-corrected chi connectivity index (χ2v) is 8.35. The zero-order valence-corrected chi connectivity index (χ0v) is 15.4. The number of nitro benzene ring substituents is 1. The van der Waals surface area contributed by atoms with Gasteiger partial charge in [-0.25, -0.2) is 8.42 Å². The van der Waals surface area contributed by atoms with Crippen LogP contribution >= 0.6 is 15.9 Å². The van der Waals surface area contributed by atoms with Crippen LogP contribution in [0.5, 0.6) is 11.5 Å². The van der Waals surface area contributed by atoms with Crippen molar-refractivity contribution in [3.8, 4) is 11.5 Å². The van der Waals surface area contributed by atoms with E-state index in [-0.39, 0.29) is 10.6 Å². The molecular weight excluding hydrogens is 410 g/mol. The largest absolute Gasteiger partial charge is 0.450 e. The molecule has 0 amide bonds. The number of rotatable bonds is 4. The van der Waals surface area contributed by atoms with Gasteiger partial charge in [-0.05, 0) is 47.2 Å². The first kappa shape index (κ1) is 17.4. The molecule has 3 aromatic carbocycles. The number of nitrogens with zero attached hydrogens (tertiary/aromatic N) is 1. The predicted octanol–water partition coefficient (Wildman–Crippen LogP) is 4.71. The Morgan fingerprint density at radius 1 is 1.00 bits per heavy atom. The molecule has 0 atom stereocenters. The average molecular weight is 422 g/mol. The van der Waals surface area contributed by atoms with Gasteiger partial charge in [0.1, 0.15) is 5.75 Å². The van der Waals surface area contributed by atoms with Gasteiger partial charge in [0.15, 0.2) is 9.84 Å². The summed E-state index contributed by atoms with van der Waals surface area (Å²) >= 11 is 3.40. The lowest BCUT2D eigenvalue weighted by Crippen LogP contribution is -2.00. The van der Waals surface area contributed by atoms with Crippen molar-refractivity contribution in [2.24, 2.45) is 0 Å². The van der Waals surface area contributed by atoms with Crippen LogP contribution in [-0.4, -0.2) is 19.6 Å². The lowest BCUT2D eigenvalue weighted by molar-refractivity contribution is -0.385. The molecule has 3 aromatic rings. The molecule has 6 nitrogen and oxygen atoms in total. The summed E-state index contributed by atoms with van der Waals surface area (Å²) in [5, 5.41) is 13.2. The molecule has 128 valence electrons. The first-order valence-electron chi connectivity index (χ1n) is 7.10. The smallest absolute Gasteiger partial charge is 0.312 e. The zero-order valence-electron chi connectivity index (χ0n) is 13.0. The standard InChI is InChI=1S/C17H12BrNO5S/c1-25(22,23)15-6-7-17(16(10-15)19(20)21)24-14-5-3-11-8-13(18)4-2-12(11)9-14/h2-10H,1H3. The van der Waals surface area contributed by atoms with Crippen LogP contribution in [0.3, 0.4) is 0 Å². The van der Waals surface area contributed by atoms with Crippen LogP contribution in [0.15, 0.2) is 64.0 Å². The van der Waals surface area contributed by atoms with Crippen LogP contribution in [-0.2, 0) is 9.84 Å². The number of hydrogen-bond donors (Lipinski definition) is 0. The number of sulfone groups is 1. The molecule has 0 N–H and O–H groups in total. The topological polar surface area (TPSA) is 86.5 Å². The fourth-order valence-electron chi connectivity index (χ4n) is 2.34. The quantitative estimate of drug-likeness (QED) is 0.449. The maximum atomic E-state index is 11.6. The predicted molar refractivity (Wildman–Crippen MR) is 97.9 cm³/mol. The summed E-state index contributed by atoms with van der Waals surface area (Å²) in [6.45, 7) is 0. The molecule has 0 fully saturated rings. The Hall–Kier alpha value is -2.45. The van der Waals surface area contributed by atoms with Crippen LogP contribution in [0.2, 0.25) is 0 Å². The molecular formula is C17H12BrNO5S. The summed E-state index contributed by atoms with van der Waals surface area (Å²) in [5.41, 5.74) is -0.404. The highest BCUT2D eigenvalue weighted by atomic mass is 79.9. The molecule has 0 saturated heterocycles. The van der Waals surface area contributed by atoms with Crippen LogP contribution < -0.4 is 4.74 Å². The molecule has 0 heterocycles. The summed E-state index contributed by atoms with van der Waals surface area (Å²) < 4.78 is 29.7. The van der Waals surface area contributed by atoms with Gasteiger partial charge >= 0.3 is 5.69 Å². The number of hydrogen-bond acceptors (Lipinski definition) is 5. The molecule has 0 bridgehead atoms. The van der Waals surface area contributed by atoms with Gasteiger partial charge in [-0.15, -0.1) is 0 Å². The molecule has 0 spiro atoms. The fourth-order valence-corrected chi connectivity index (χ4v) is 3.36. The monoisotopic (exact) mass is 421 g/mol. The van der Waals surface area contributed by atoms with Crippen LogP contribution in [0.4, 0.5) is 5.69 Å². The maximum Gasteiger partial charge on any atom is 0.312 e. The second kappa shape index (κ2) is 6.45. The van der Waals surface area contributed by atoms with Crippen LogP contribution in [0.1, 0.15) is 0 Å². The summed E-state index contributed by atoms with van der Waals surface area (Å²) in [5.74, 6) is 0.402. The van der Waals surface area contributed by atoms with E-state index in [0.29, 0.717) is 5.75 Å². The molecule has 0 unspecified atom stereocenters. The molecule has 0 aliphatic heterocycles. The van der Waals surface area contributed by atoms with E-state index in [0.717, 1.165) is 27.6 Å². The summed E-state index contributed by atoms with van der Waals surface area (Å²) in [6.07, 6.45) is 0.994. The Morgan fingerprint density at radius 3 is 2.36 bits per heavy atom. The van der Waals surface area contributed by atoms with Gasteiger partial charge in [0.2, 0.25) is 5.75 Å². The summed E-state index contributed by atoms with van der Waals surface area (Å²) in [7, 11) is -3.55. The third kappa shape index (κ3) is 3.80. The molecule has 8 heteroatoms. The Balaban J connectivity index is 2.02. The highest BCUT2D eigenvalue weighted by Crippen LogP contribution is 2.34. The van der Waals surface area contributed by atoms with E-state index >= 15 is 0 Å². The summed E-state index contributed by atoms with van der Waals surface area (Å²) in [6, 6.07) is 14.6. The van der Waals surface area contributed by atoms with E-state index in [1.165, 1.54) is 12.1 Å². The van der Waals surface area contributed by atoms with E-state index in [9.17, 15) is 18.5 Å². The van der Waals surface area contributed by atoms with Crippen LogP contribution in [0, 0.1) is 10.1 Å². The van der Waals surface area contributed by atoms with Gasteiger partial charge < -0.3 is 4.74 Å². The van der Waals surface area contributed by atoms with E-state index in [1.807, 2.05) is 24.3 Å². The highest BCUT2D eigenvalue weighted by molar-refractivity contribution is 9.10. The van der Waals surface area contributed by atoms with Gasteiger partial charge in [0.05, 0.1) is 9.82 Å². The first-order valence-corrected chi connectivity index (χ1v) is 9.78.